The van der Waals surface area contributed by atoms with Crippen molar-refractivity contribution in [1.82, 2.24) is 4.90 Å². The number of benzene rings is 1. The lowest BCUT2D eigenvalue weighted by atomic mass is 9.81. The standard InChI is InChI=1S/C23H29N3O4S/c1-31-12-11-19(26-22(29)17-7-2-3-8-18(17)23(26)30)21(28)25-16-6-4-5-15(13-16)24-20(27)14-9-10-14/h4-6,13-14,17-19H,2-3,7-12H2,1H3,(H,24,27)(H,25,28)/t17-,18+,19-/m0/s1. The van der Waals surface area contributed by atoms with Gasteiger partial charge in [-0.3, -0.25) is 24.1 Å². The van der Waals surface area contributed by atoms with Gasteiger partial charge in [-0.25, -0.2) is 0 Å². The van der Waals surface area contributed by atoms with Gasteiger partial charge in [0.2, 0.25) is 23.6 Å². The van der Waals surface area contributed by atoms with E-state index in [2.05, 4.69) is 10.6 Å². The Morgan fingerprint density at radius 1 is 1.03 bits per heavy atom. The first kappa shape index (κ1) is 21.9. The van der Waals surface area contributed by atoms with Crippen molar-refractivity contribution in [1.29, 1.82) is 0 Å². The Morgan fingerprint density at radius 3 is 2.23 bits per heavy atom. The average molecular weight is 444 g/mol. The summed E-state index contributed by atoms with van der Waals surface area (Å²) in [7, 11) is 0. The zero-order chi connectivity index (χ0) is 22.0. The quantitative estimate of drug-likeness (QED) is 0.601. The van der Waals surface area contributed by atoms with Crippen molar-refractivity contribution in [3.63, 3.8) is 0 Å². The Kier molecular flexibility index (Phi) is 6.65. The number of anilines is 2. The van der Waals surface area contributed by atoms with Crippen LogP contribution in [0.4, 0.5) is 11.4 Å². The number of amides is 4. The molecule has 4 amide bonds. The highest BCUT2D eigenvalue weighted by atomic mass is 32.2. The topological polar surface area (TPSA) is 95.6 Å². The van der Waals surface area contributed by atoms with E-state index in [1.807, 2.05) is 6.26 Å². The zero-order valence-electron chi connectivity index (χ0n) is 17.8. The van der Waals surface area contributed by atoms with Crippen LogP contribution >= 0.6 is 11.8 Å². The van der Waals surface area contributed by atoms with Crippen LogP contribution < -0.4 is 10.6 Å². The lowest BCUT2D eigenvalue weighted by Gasteiger charge is -2.26. The smallest absolute Gasteiger partial charge is 0.247 e. The van der Waals surface area contributed by atoms with E-state index < -0.39 is 6.04 Å². The van der Waals surface area contributed by atoms with E-state index in [1.54, 1.807) is 36.0 Å². The van der Waals surface area contributed by atoms with Gasteiger partial charge < -0.3 is 10.6 Å². The van der Waals surface area contributed by atoms with Crippen LogP contribution in [0.2, 0.25) is 0 Å². The predicted octanol–water partition coefficient (Wildman–Crippen LogP) is 3.27. The molecule has 1 saturated heterocycles. The Labute approximate surface area is 186 Å². The van der Waals surface area contributed by atoms with Crippen LogP contribution in [0.1, 0.15) is 44.9 Å². The van der Waals surface area contributed by atoms with Crippen LogP contribution in [-0.2, 0) is 19.2 Å². The van der Waals surface area contributed by atoms with Crippen LogP contribution in [0.25, 0.3) is 0 Å². The molecule has 166 valence electrons. The molecule has 0 aromatic heterocycles. The van der Waals surface area contributed by atoms with Crippen molar-refractivity contribution in [3.8, 4) is 0 Å². The van der Waals surface area contributed by atoms with Crippen LogP contribution in [0.15, 0.2) is 24.3 Å². The summed E-state index contributed by atoms with van der Waals surface area (Å²) in [5.41, 5.74) is 1.15. The van der Waals surface area contributed by atoms with Gasteiger partial charge in [-0.15, -0.1) is 0 Å². The molecule has 4 rings (SSSR count). The van der Waals surface area contributed by atoms with Gasteiger partial charge >= 0.3 is 0 Å². The second-order valence-corrected chi connectivity index (χ2v) is 9.66. The lowest BCUT2D eigenvalue weighted by Crippen LogP contribution is -2.48. The fourth-order valence-corrected chi connectivity index (χ4v) is 5.05. The minimum Gasteiger partial charge on any atom is -0.326 e. The maximum Gasteiger partial charge on any atom is 0.247 e. The summed E-state index contributed by atoms with van der Waals surface area (Å²) in [6.07, 6.45) is 7.55. The molecule has 3 fully saturated rings. The summed E-state index contributed by atoms with van der Waals surface area (Å²) in [6.45, 7) is 0. The highest BCUT2D eigenvalue weighted by molar-refractivity contribution is 7.98. The van der Waals surface area contributed by atoms with Gasteiger partial charge in [0.1, 0.15) is 6.04 Å². The van der Waals surface area contributed by atoms with Crippen LogP contribution in [-0.4, -0.2) is 46.6 Å². The summed E-state index contributed by atoms with van der Waals surface area (Å²) >= 11 is 1.58. The van der Waals surface area contributed by atoms with Gasteiger partial charge in [-0.05, 0) is 62.3 Å². The molecule has 1 aromatic carbocycles. The van der Waals surface area contributed by atoms with E-state index in [9.17, 15) is 19.2 Å². The molecule has 2 N–H and O–H groups in total. The Bertz CT molecular complexity index is 861. The molecule has 8 heteroatoms. The largest absolute Gasteiger partial charge is 0.326 e. The molecule has 2 saturated carbocycles. The number of fused-ring (bicyclic) bond motifs is 1. The third-order valence-electron chi connectivity index (χ3n) is 6.43. The maximum atomic E-state index is 13.2. The summed E-state index contributed by atoms with van der Waals surface area (Å²) in [5, 5.41) is 5.73. The van der Waals surface area contributed by atoms with E-state index in [4.69, 9.17) is 0 Å². The molecular formula is C23H29N3O4S. The molecule has 7 nitrogen and oxygen atoms in total. The molecule has 3 aliphatic rings. The van der Waals surface area contributed by atoms with E-state index in [1.165, 1.54) is 4.90 Å². The summed E-state index contributed by atoms with van der Waals surface area (Å²) in [5.74, 6) is -0.536. The normalized spacial score (nSPS) is 24.0. The van der Waals surface area contributed by atoms with Gasteiger partial charge in [-0.2, -0.15) is 11.8 Å². The molecule has 0 unspecified atom stereocenters. The van der Waals surface area contributed by atoms with Gasteiger partial charge in [0.25, 0.3) is 0 Å². The first-order chi connectivity index (χ1) is 15.0. The van der Waals surface area contributed by atoms with Crippen molar-refractivity contribution in [2.24, 2.45) is 17.8 Å². The fraction of sp³-hybridized carbons (Fsp3) is 0.565. The molecule has 0 spiro atoms. The Balaban J connectivity index is 1.49. The first-order valence-corrected chi connectivity index (χ1v) is 12.5. The Morgan fingerprint density at radius 2 is 1.65 bits per heavy atom. The number of carbonyl (C=O) groups is 4. The predicted molar refractivity (Wildman–Crippen MR) is 121 cm³/mol. The van der Waals surface area contributed by atoms with Crippen LogP contribution in [0.3, 0.4) is 0 Å². The van der Waals surface area contributed by atoms with Gasteiger partial charge in [0.15, 0.2) is 0 Å². The van der Waals surface area contributed by atoms with E-state index in [0.29, 0.717) is 23.5 Å². The van der Waals surface area contributed by atoms with Crippen LogP contribution in [0, 0.1) is 17.8 Å². The number of thioether (sulfide) groups is 1. The second-order valence-electron chi connectivity index (χ2n) is 8.67. The van der Waals surface area contributed by atoms with Crippen molar-refractivity contribution >= 4 is 46.8 Å². The molecule has 0 radical (unpaired) electrons. The van der Waals surface area contributed by atoms with Gasteiger partial charge in [-0.1, -0.05) is 18.9 Å². The second kappa shape index (κ2) is 9.42. The van der Waals surface area contributed by atoms with Gasteiger partial charge in [0, 0.05) is 17.3 Å². The summed E-state index contributed by atoms with van der Waals surface area (Å²) < 4.78 is 0. The molecule has 1 heterocycles. The highest BCUT2D eigenvalue weighted by Crippen LogP contribution is 2.39. The number of nitrogens with one attached hydrogen (secondary N) is 2. The number of likely N-dealkylation sites (tertiary alicyclic amines) is 1. The zero-order valence-corrected chi connectivity index (χ0v) is 18.6. The average Bonchev–Trinajstić information content (AvgIpc) is 3.58. The molecular weight excluding hydrogens is 414 g/mol. The number of hydrogen-bond acceptors (Lipinski definition) is 5. The molecule has 2 aliphatic carbocycles. The first-order valence-electron chi connectivity index (χ1n) is 11.1. The maximum absolute atomic E-state index is 13.2. The van der Waals surface area contributed by atoms with Crippen molar-refractivity contribution < 1.29 is 19.2 Å². The lowest BCUT2D eigenvalue weighted by molar-refractivity contribution is -0.146. The summed E-state index contributed by atoms with van der Waals surface area (Å²) in [4.78, 5) is 52.5. The van der Waals surface area contributed by atoms with Crippen molar-refractivity contribution in [2.45, 2.75) is 51.0 Å². The minimum atomic E-state index is -0.817. The number of nitrogens with zero attached hydrogens (tertiary/aromatic N) is 1. The third-order valence-corrected chi connectivity index (χ3v) is 7.07. The highest BCUT2D eigenvalue weighted by Gasteiger charge is 2.51. The molecule has 31 heavy (non-hydrogen) atoms. The van der Waals surface area contributed by atoms with E-state index in [0.717, 1.165) is 38.5 Å². The van der Waals surface area contributed by atoms with Crippen molar-refractivity contribution in [3.05, 3.63) is 24.3 Å². The molecule has 1 aromatic rings. The SMILES string of the molecule is CSCC[C@@H](C(=O)Nc1cccc(NC(=O)C2CC2)c1)N1C(=O)[C@H]2CCCC[C@H]2C1=O. The number of rotatable bonds is 8. The number of imide groups is 1. The van der Waals surface area contributed by atoms with E-state index in [-0.39, 0.29) is 41.4 Å². The number of carbonyl (C=O) groups excluding carboxylic acids is 4. The minimum absolute atomic E-state index is 0.00260. The summed E-state index contributed by atoms with van der Waals surface area (Å²) in [6, 6.07) is 6.17. The number of hydrogen-bond donors (Lipinski definition) is 2. The fourth-order valence-electron chi connectivity index (χ4n) is 4.59. The van der Waals surface area contributed by atoms with Crippen LogP contribution in [0.5, 0.6) is 0 Å². The van der Waals surface area contributed by atoms with Gasteiger partial charge in [0.05, 0.1) is 11.8 Å². The van der Waals surface area contributed by atoms with Crippen molar-refractivity contribution in [2.75, 3.05) is 22.6 Å². The monoisotopic (exact) mass is 443 g/mol. The molecule has 3 atom stereocenters. The third kappa shape index (κ3) is 4.79. The Hall–Kier alpha value is -2.35. The molecule has 0 bridgehead atoms. The van der Waals surface area contributed by atoms with E-state index >= 15 is 0 Å². The molecule has 1 aliphatic heterocycles.